The zero-order valence-corrected chi connectivity index (χ0v) is 15.8. The highest BCUT2D eigenvalue weighted by atomic mass is 16.6. The predicted octanol–water partition coefficient (Wildman–Crippen LogP) is 4.50. The third-order valence-corrected chi connectivity index (χ3v) is 5.39. The maximum Gasteiger partial charge on any atom is 0.410 e. The lowest BCUT2D eigenvalue weighted by Gasteiger charge is -2.37. The number of rotatable bonds is 3. The van der Waals surface area contributed by atoms with Crippen molar-refractivity contribution in [2.75, 3.05) is 31.1 Å². The minimum atomic E-state index is -0.425. The average Bonchev–Trinajstić information content (AvgIpc) is 3.46. The minimum Gasteiger partial charge on any atom is -0.444 e. The first-order chi connectivity index (χ1) is 11.9. The second kappa shape index (κ2) is 6.22. The van der Waals surface area contributed by atoms with Crippen LogP contribution in [0.2, 0.25) is 0 Å². The second-order valence-electron chi connectivity index (χ2n) is 8.82. The standard InChI is InChI=1S/C21H30N2O2/c1-21(2,3)25-20(24)23-12-10-22(11-13-23)19-9-8-17(15-4-5-15)14-18(19)16-6-7-16/h8-9,14-16H,4-7,10-13H2,1-3H3. The summed E-state index contributed by atoms with van der Waals surface area (Å²) >= 11 is 0. The van der Waals surface area contributed by atoms with Crippen LogP contribution >= 0.6 is 0 Å². The molecule has 0 spiro atoms. The van der Waals surface area contributed by atoms with Gasteiger partial charge in [0.25, 0.3) is 0 Å². The number of amides is 1. The molecule has 136 valence electrons. The lowest BCUT2D eigenvalue weighted by molar-refractivity contribution is 0.0240. The van der Waals surface area contributed by atoms with Gasteiger partial charge >= 0.3 is 6.09 Å². The molecular formula is C21H30N2O2. The van der Waals surface area contributed by atoms with Crippen LogP contribution in [0.25, 0.3) is 0 Å². The fourth-order valence-corrected chi connectivity index (χ4v) is 3.71. The smallest absolute Gasteiger partial charge is 0.410 e. The Labute approximate surface area is 151 Å². The SMILES string of the molecule is CC(C)(C)OC(=O)N1CCN(c2ccc(C3CC3)cc2C2CC2)CC1. The van der Waals surface area contributed by atoms with E-state index in [0.717, 1.165) is 38.0 Å². The van der Waals surface area contributed by atoms with Crippen molar-refractivity contribution in [2.45, 2.75) is 63.9 Å². The van der Waals surface area contributed by atoms with Gasteiger partial charge in [0.2, 0.25) is 0 Å². The molecule has 1 saturated heterocycles. The van der Waals surface area contributed by atoms with Crippen molar-refractivity contribution in [3.05, 3.63) is 29.3 Å². The molecule has 1 heterocycles. The zero-order chi connectivity index (χ0) is 17.6. The topological polar surface area (TPSA) is 32.8 Å². The summed E-state index contributed by atoms with van der Waals surface area (Å²) in [6.45, 7) is 9.02. The molecule has 1 aliphatic heterocycles. The third-order valence-electron chi connectivity index (χ3n) is 5.39. The first kappa shape index (κ1) is 16.7. The number of hydrogen-bond acceptors (Lipinski definition) is 3. The van der Waals surface area contributed by atoms with Gasteiger partial charge in [0.05, 0.1) is 0 Å². The molecule has 3 fully saturated rings. The van der Waals surface area contributed by atoms with Crippen LogP contribution in [0.5, 0.6) is 0 Å². The summed E-state index contributed by atoms with van der Waals surface area (Å²) in [6.07, 6.45) is 5.20. The second-order valence-corrected chi connectivity index (χ2v) is 8.82. The van der Waals surface area contributed by atoms with E-state index >= 15 is 0 Å². The Bertz CT molecular complexity index is 648. The van der Waals surface area contributed by atoms with E-state index in [-0.39, 0.29) is 6.09 Å². The highest BCUT2D eigenvalue weighted by molar-refractivity contribution is 5.69. The molecule has 0 radical (unpaired) electrons. The van der Waals surface area contributed by atoms with Crippen LogP contribution in [0.4, 0.5) is 10.5 Å². The molecule has 2 saturated carbocycles. The number of benzene rings is 1. The molecule has 4 nitrogen and oxygen atoms in total. The minimum absolute atomic E-state index is 0.182. The molecular weight excluding hydrogens is 312 g/mol. The van der Waals surface area contributed by atoms with Gasteiger partial charge in [-0.3, -0.25) is 0 Å². The molecule has 4 rings (SSSR count). The monoisotopic (exact) mass is 342 g/mol. The molecule has 0 aromatic heterocycles. The zero-order valence-electron chi connectivity index (χ0n) is 15.8. The Morgan fingerprint density at radius 2 is 1.64 bits per heavy atom. The van der Waals surface area contributed by atoms with Crippen molar-refractivity contribution in [3.8, 4) is 0 Å². The number of ether oxygens (including phenoxy) is 1. The average molecular weight is 342 g/mol. The van der Waals surface area contributed by atoms with Crippen LogP contribution in [0, 0.1) is 0 Å². The summed E-state index contributed by atoms with van der Waals surface area (Å²) in [4.78, 5) is 16.6. The molecule has 3 aliphatic rings. The summed E-state index contributed by atoms with van der Waals surface area (Å²) < 4.78 is 5.51. The molecule has 25 heavy (non-hydrogen) atoms. The number of hydrogen-bond donors (Lipinski definition) is 0. The van der Waals surface area contributed by atoms with E-state index in [0.29, 0.717) is 0 Å². The van der Waals surface area contributed by atoms with E-state index in [9.17, 15) is 4.79 Å². The number of piperazine rings is 1. The van der Waals surface area contributed by atoms with Crippen molar-refractivity contribution in [3.63, 3.8) is 0 Å². The molecule has 0 unspecified atom stereocenters. The van der Waals surface area contributed by atoms with E-state index in [2.05, 4.69) is 23.1 Å². The molecule has 1 amide bonds. The summed E-state index contributed by atoms with van der Waals surface area (Å²) in [7, 11) is 0. The van der Waals surface area contributed by atoms with E-state index in [1.54, 1.807) is 5.56 Å². The Morgan fingerprint density at radius 1 is 1.00 bits per heavy atom. The van der Waals surface area contributed by atoms with Gasteiger partial charge in [0, 0.05) is 31.9 Å². The predicted molar refractivity (Wildman–Crippen MR) is 100 cm³/mol. The van der Waals surface area contributed by atoms with Gasteiger partial charge in [-0.25, -0.2) is 4.79 Å². The van der Waals surface area contributed by atoms with Gasteiger partial charge < -0.3 is 14.5 Å². The van der Waals surface area contributed by atoms with Gasteiger partial charge in [-0.15, -0.1) is 0 Å². The molecule has 1 aromatic carbocycles. The van der Waals surface area contributed by atoms with Crippen LogP contribution in [-0.4, -0.2) is 42.8 Å². The van der Waals surface area contributed by atoms with Crippen molar-refractivity contribution < 1.29 is 9.53 Å². The number of carbonyl (C=O) groups is 1. The number of nitrogens with zero attached hydrogens (tertiary/aromatic N) is 2. The Balaban J connectivity index is 1.43. The van der Waals surface area contributed by atoms with Crippen LogP contribution < -0.4 is 4.90 Å². The molecule has 1 aromatic rings. The van der Waals surface area contributed by atoms with Crippen LogP contribution in [0.15, 0.2) is 18.2 Å². The fraction of sp³-hybridized carbons (Fsp3) is 0.667. The first-order valence-electron chi connectivity index (χ1n) is 9.77. The Morgan fingerprint density at radius 3 is 2.20 bits per heavy atom. The summed E-state index contributed by atoms with van der Waals surface area (Å²) in [6, 6.07) is 7.15. The van der Waals surface area contributed by atoms with E-state index in [1.807, 2.05) is 25.7 Å². The highest BCUT2D eigenvalue weighted by Crippen LogP contribution is 2.48. The van der Waals surface area contributed by atoms with Crippen molar-refractivity contribution in [1.29, 1.82) is 0 Å². The van der Waals surface area contributed by atoms with Crippen LogP contribution in [0.1, 0.15) is 69.4 Å². The molecule has 0 atom stereocenters. The highest BCUT2D eigenvalue weighted by Gasteiger charge is 2.32. The largest absolute Gasteiger partial charge is 0.444 e. The normalized spacial score (nSPS) is 21.4. The van der Waals surface area contributed by atoms with E-state index in [4.69, 9.17) is 4.74 Å². The van der Waals surface area contributed by atoms with Gasteiger partial charge in [0.15, 0.2) is 0 Å². The lowest BCUT2D eigenvalue weighted by atomic mass is 10.0. The van der Waals surface area contributed by atoms with E-state index < -0.39 is 5.60 Å². The quantitative estimate of drug-likeness (QED) is 0.811. The Hall–Kier alpha value is -1.71. The molecule has 0 bridgehead atoms. The molecule has 0 N–H and O–H groups in total. The van der Waals surface area contributed by atoms with Crippen LogP contribution in [0.3, 0.4) is 0 Å². The van der Waals surface area contributed by atoms with Gasteiger partial charge in [-0.05, 0) is 75.5 Å². The Kier molecular flexibility index (Phi) is 4.17. The van der Waals surface area contributed by atoms with Crippen LogP contribution in [-0.2, 0) is 4.74 Å². The van der Waals surface area contributed by atoms with Gasteiger partial charge in [-0.1, -0.05) is 12.1 Å². The van der Waals surface area contributed by atoms with Crippen molar-refractivity contribution in [1.82, 2.24) is 4.90 Å². The van der Waals surface area contributed by atoms with Gasteiger partial charge in [-0.2, -0.15) is 0 Å². The summed E-state index contributed by atoms with van der Waals surface area (Å²) in [5.41, 5.74) is 4.07. The third kappa shape index (κ3) is 3.94. The first-order valence-corrected chi connectivity index (χ1v) is 9.77. The van der Waals surface area contributed by atoms with E-state index in [1.165, 1.54) is 36.9 Å². The summed E-state index contributed by atoms with van der Waals surface area (Å²) in [5.74, 6) is 1.58. The molecule has 2 aliphatic carbocycles. The van der Waals surface area contributed by atoms with Crippen molar-refractivity contribution >= 4 is 11.8 Å². The molecule has 4 heteroatoms. The van der Waals surface area contributed by atoms with Gasteiger partial charge in [0.1, 0.15) is 5.60 Å². The fourth-order valence-electron chi connectivity index (χ4n) is 3.71. The number of carbonyl (C=O) groups excluding carboxylic acids is 1. The maximum absolute atomic E-state index is 12.3. The lowest BCUT2D eigenvalue weighted by Crippen LogP contribution is -2.50. The maximum atomic E-state index is 12.3. The number of anilines is 1. The van der Waals surface area contributed by atoms with Crippen molar-refractivity contribution in [2.24, 2.45) is 0 Å². The summed E-state index contributed by atoms with van der Waals surface area (Å²) in [5, 5.41) is 0.